The molecule has 15 heavy (non-hydrogen) atoms. The van der Waals surface area contributed by atoms with Crippen molar-refractivity contribution in [1.29, 1.82) is 0 Å². The zero-order valence-electron chi connectivity index (χ0n) is 8.40. The molecule has 0 heterocycles. The van der Waals surface area contributed by atoms with E-state index in [1.54, 1.807) is 0 Å². The highest BCUT2D eigenvalue weighted by Gasteiger charge is 1.99. The number of carbonyl (C=O) groups excluding carboxylic acids is 1. The van der Waals surface area contributed by atoms with Crippen molar-refractivity contribution in [3.8, 4) is 0 Å². The smallest absolute Gasteiger partial charge is 0.407 e. The van der Waals surface area contributed by atoms with Crippen LogP contribution in [0, 0.1) is 0 Å². The van der Waals surface area contributed by atoms with Gasteiger partial charge in [-0.25, -0.2) is 4.79 Å². The van der Waals surface area contributed by atoms with E-state index in [1.165, 1.54) is 6.08 Å². The van der Waals surface area contributed by atoms with Crippen LogP contribution in [0.4, 0.5) is 4.79 Å². The third kappa shape index (κ3) is 10.4. The van der Waals surface area contributed by atoms with Gasteiger partial charge in [-0.05, 0) is 0 Å². The fraction of sp³-hybridized carbons (Fsp3) is 0.556. The summed E-state index contributed by atoms with van der Waals surface area (Å²) in [6, 6.07) is 0. The van der Waals surface area contributed by atoms with Crippen molar-refractivity contribution in [3.63, 3.8) is 0 Å². The molecular weight excluding hydrogens is 202 g/mol. The monoisotopic (exact) mass is 217 g/mol. The second kappa shape index (κ2) is 9.01. The second-order valence-electron chi connectivity index (χ2n) is 2.57. The zero-order valence-corrected chi connectivity index (χ0v) is 8.40. The summed E-state index contributed by atoms with van der Waals surface area (Å²) in [6.45, 7) is 4.23. The standard InChI is InChI=1S/C9H15NO5/c1-2-5-15-9(13)10-4-7-14-6-3-8(11)12/h2H,1,3-7H2,(H,10,13)(H,11,12). The van der Waals surface area contributed by atoms with E-state index >= 15 is 0 Å². The molecule has 0 aromatic heterocycles. The van der Waals surface area contributed by atoms with E-state index in [4.69, 9.17) is 9.84 Å². The van der Waals surface area contributed by atoms with Gasteiger partial charge in [-0.15, -0.1) is 0 Å². The molecule has 0 aliphatic heterocycles. The maximum atomic E-state index is 10.8. The fourth-order valence-electron chi connectivity index (χ4n) is 0.672. The first-order valence-electron chi connectivity index (χ1n) is 4.48. The lowest BCUT2D eigenvalue weighted by molar-refractivity contribution is -0.138. The van der Waals surface area contributed by atoms with Gasteiger partial charge in [0.25, 0.3) is 0 Å². The molecule has 0 saturated carbocycles. The highest BCUT2D eigenvalue weighted by Crippen LogP contribution is 1.82. The van der Waals surface area contributed by atoms with Gasteiger partial charge >= 0.3 is 12.1 Å². The number of carboxylic acid groups (broad SMARTS) is 1. The molecule has 6 heteroatoms. The van der Waals surface area contributed by atoms with Crippen molar-refractivity contribution in [3.05, 3.63) is 12.7 Å². The van der Waals surface area contributed by atoms with Crippen LogP contribution in [0.1, 0.15) is 6.42 Å². The minimum atomic E-state index is -0.909. The van der Waals surface area contributed by atoms with E-state index < -0.39 is 12.1 Å². The number of hydrogen-bond donors (Lipinski definition) is 2. The average molecular weight is 217 g/mol. The Morgan fingerprint density at radius 3 is 2.73 bits per heavy atom. The average Bonchev–Trinajstić information content (AvgIpc) is 2.19. The number of nitrogens with one attached hydrogen (secondary N) is 1. The maximum Gasteiger partial charge on any atom is 0.407 e. The highest BCUT2D eigenvalue weighted by atomic mass is 16.5. The van der Waals surface area contributed by atoms with Crippen molar-refractivity contribution in [2.75, 3.05) is 26.4 Å². The van der Waals surface area contributed by atoms with E-state index in [1.807, 2.05) is 0 Å². The Morgan fingerprint density at radius 1 is 1.40 bits per heavy atom. The Bertz CT molecular complexity index is 217. The predicted molar refractivity (Wildman–Crippen MR) is 52.6 cm³/mol. The lowest BCUT2D eigenvalue weighted by atomic mass is 10.5. The van der Waals surface area contributed by atoms with Crippen LogP contribution < -0.4 is 5.32 Å². The van der Waals surface area contributed by atoms with Gasteiger partial charge in [0.15, 0.2) is 0 Å². The number of carbonyl (C=O) groups is 2. The molecule has 0 unspecified atom stereocenters. The summed E-state index contributed by atoms with van der Waals surface area (Å²) in [7, 11) is 0. The van der Waals surface area contributed by atoms with Gasteiger partial charge in [0, 0.05) is 6.54 Å². The minimum Gasteiger partial charge on any atom is -0.481 e. The van der Waals surface area contributed by atoms with Gasteiger partial charge in [0.05, 0.1) is 19.6 Å². The lowest BCUT2D eigenvalue weighted by Crippen LogP contribution is -2.28. The van der Waals surface area contributed by atoms with Crippen LogP contribution in [0.3, 0.4) is 0 Å². The largest absolute Gasteiger partial charge is 0.481 e. The van der Waals surface area contributed by atoms with Gasteiger partial charge in [0.1, 0.15) is 6.61 Å². The molecule has 0 bridgehead atoms. The van der Waals surface area contributed by atoms with Crippen molar-refractivity contribution in [1.82, 2.24) is 5.32 Å². The molecule has 86 valence electrons. The molecule has 0 aliphatic rings. The van der Waals surface area contributed by atoms with E-state index in [-0.39, 0.29) is 32.8 Å². The summed E-state index contributed by atoms with van der Waals surface area (Å²) in [5, 5.41) is 10.7. The molecule has 0 fully saturated rings. The Morgan fingerprint density at radius 2 is 2.13 bits per heavy atom. The van der Waals surface area contributed by atoms with Crippen molar-refractivity contribution >= 4 is 12.1 Å². The van der Waals surface area contributed by atoms with Gasteiger partial charge in [0.2, 0.25) is 0 Å². The fourth-order valence-corrected chi connectivity index (χ4v) is 0.672. The van der Waals surface area contributed by atoms with Crippen LogP contribution in [0.5, 0.6) is 0 Å². The van der Waals surface area contributed by atoms with Gasteiger partial charge in [-0.2, -0.15) is 0 Å². The molecule has 2 N–H and O–H groups in total. The van der Waals surface area contributed by atoms with Gasteiger partial charge in [-0.3, -0.25) is 4.79 Å². The summed E-state index contributed by atoms with van der Waals surface area (Å²) in [5.41, 5.74) is 0. The third-order valence-corrected chi connectivity index (χ3v) is 1.31. The Hall–Kier alpha value is -1.56. The molecule has 0 aromatic carbocycles. The first-order chi connectivity index (χ1) is 7.16. The van der Waals surface area contributed by atoms with Crippen molar-refractivity contribution in [2.24, 2.45) is 0 Å². The van der Waals surface area contributed by atoms with E-state index in [0.717, 1.165) is 0 Å². The summed E-state index contributed by atoms with van der Waals surface area (Å²) in [5.74, 6) is -0.909. The zero-order chi connectivity index (χ0) is 11.5. The maximum absolute atomic E-state index is 10.8. The van der Waals surface area contributed by atoms with Crippen LogP contribution in [-0.2, 0) is 14.3 Å². The number of aliphatic carboxylic acids is 1. The van der Waals surface area contributed by atoms with Crippen LogP contribution >= 0.6 is 0 Å². The van der Waals surface area contributed by atoms with Crippen LogP contribution in [-0.4, -0.2) is 43.5 Å². The predicted octanol–water partition coefficient (Wildman–Crippen LogP) is 0.390. The number of carboxylic acids is 1. The Balaban J connectivity index is 3.19. The first-order valence-corrected chi connectivity index (χ1v) is 4.48. The molecule has 0 radical (unpaired) electrons. The molecule has 0 rings (SSSR count). The van der Waals surface area contributed by atoms with Crippen LogP contribution in [0.2, 0.25) is 0 Å². The molecule has 0 atom stereocenters. The quantitative estimate of drug-likeness (QED) is 0.454. The molecule has 0 saturated heterocycles. The molecule has 1 amide bonds. The first kappa shape index (κ1) is 13.4. The number of ether oxygens (including phenoxy) is 2. The van der Waals surface area contributed by atoms with Gasteiger partial charge in [-0.1, -0.05) is 12.7 Å². The van der Waals surface area contributed by atoms with E-state index in [0.29, 0.717) is 0 Å². The molecular formula is C9H15NO5. The van der Waals surface area contributed by atoms with E-state index in [9.17, 15) is 9.59 Å². The number of rotatable bonds is 8. The summed E-state index contributed by atoms with van der Waals surface area (Å²) >= 11 is 0. The molecule has 0 aliphatic carbocycles. The number of hydrogen-bond acceptors (Lipinski definition) is 4. The molecule has 0 spiro atoms. The van der Waals surface area contributed by atoms with Gasteiger partial charge < -0.3 is 19.9 Å². The summed E-state index contributed by atoms with van der Waals surface area (Å²) in [4.78, 5) is 20.9. The molecule has 6 nitrogen and oxygen atoms in total. The minimum absolute atomic E-state index is 0.0408. The number of amides is 1. The van der Waals surface area contributed by atoms with E-state index in [2.05, 4.69) is 16.6 Å². The Labute approximate surface area is 87.9 Å². The highest BCUT2D eigenvalue weighted by molar-refractivity contribution is 5.67. The van der Waals surface area contributed by atoms with Crippen LogP contribution in [0.15, 0.2) is 12.7 Å². The lowest BCUT2D eigenvalue weighted by Gasteiger charge is -2.05. The second-order valence-corrected chi connectivity index (χ2v) is 2.57. The van der Waals surface area contributed by atoms with Crippen molar-refractivity contribution < 1.29 is 24.2 Å². The van der Waals surface area contributed by atoms with Crippen molar-refractivity contribution in [2.45, 2.75) is 6.42 Å². The number of alkyl carbamates (subject to hydrolysis) is 1. The topological polar surface area (TPSA) is 84.9 Å². The summed E-state index contributed by atoms with van der Waals surface area (Å²) < 4.78 is 9.55. The molecule has 0 aromatic rings. The SMILES string of the molecule is C=CCOC(=O)NCCOCCC(=O)O. The third-order valence-electron chi connectivity index (χ3n) is 1.31. The Kier molecular flexibility index (Phi) is 8.08. The normalized spacial score (nSPS) is 9.33. The van der Waals surface area contributed by atoms with Crippen LogP contribution in [0.25, 0.3) is 0 Å². The summed E-state index contributed by atoms with van der Waals surface area (Å²) in [6.07, 6.45) is 0.876.